The molecule has 2 aromatic heterocycles. The smallest absolute Gasteiger partial charge is 0.318 e. The Bertz CT molecular complexity index is 1080. The van der Waals surface area contributed by atoms with E-state index in [0.717, 1.165) is 5.56 Å². The Kier molecular flexibility index (Phi) is 6.16. The van der Waals surface area contributed by atoms with Gasteiger partial charge in [0.05, 0.1) is 12.8 Å². The highest BCUT2D eigenvalue weighted by atomic mass is 16.5. The lowest BCUT2D eigenvalue weighted by Gasteiger charge is -2.16. The molecule has 0 aliphatic rings. The molecule has 0 bridgehead atoms. The predicted molar refractivity (Wildman–Crippen MR) is 106 cm³/mol. The number of nitrogens with zero attached hydrogens (tertiary/aromatic N) is 4. The van der Waals surface area contributed by atoms with E-state index in [1.165, 1.54) is 24.1 Å². The second kappa shape index (κ2) is 8.95. The number of rotatable bonds is 8. The summed E-state index contributed by atoms with van der Waals surface area (Å²) in [6, 6.07) is 11.1. The molecule has 0 radical (unpaired) electrons. The highest BCUT2D eigenvalue weighted by Crippen LogP contribution is 2.13. The van der Waals surface area contributed by atoms with E-state index in [1.807, 2.05) is 6.07 Å². The topological polar surface area (TPSA) is 142 Å². The minimum absolute atomic E-state index is 0.109. The van der Waals surface area contributed by atoms with Gasteiger partial charge in [0.25, 0.3) is 11.8 Å². The Morgan fingerprint density at radius 1 is 1.20 bits per heavy atom. The van der Waals surface area contributed by atoms with Crippen LogP contribution in [0.15, 0.2) is 48.7 Å². The van der Waals surface area contributed by atoms with Crippen molar-refractivity contribution in [1.29, 1.82) is 0 Å². The first-order valence-electron chi connectivity index (χ1n) is 9.01. The Morgan fingerprint density at radius 3 is 2.60 bits per heavy atom. The molecule has 0 spiro atoms. The number of hydrogen-bond donors (Lipinski definition) is 2. The first-order valence-corrected chi connectivity index (χ1v) is 9.01. The van der Waals surface area contributed by atoms with Crippen LogP contribution in [-0.4, -0.2) is 50.5 Å². The van der Waals surface area contributed by atoms with Crippen LogP contribution < -0.4 is 15.8 Å². The molecule has 3 aromatic rings. The first-order chi connectivity index (χ1) is 14.4. The number of hydrogen-bond acceptors (Lipinski definition) is 7. The normalized spacial score (nSPS) is 11.5. The van der Waals surface area contributed by atoms with E-state index >= 15 is 0 Å². The van der Waals surface area contributed by atoms with Crippen LogP contribution in [0.25, 0.3) is 5.82 Å². The van der Waals surface area contributed by atoms with Crippen molar-refractivity contribution in [3.63, 3.8) is 0 Å². The molecule has 154 valence electrons. The molecule has 1 aromatic carbocycles. The van der Waals surface area contributed by atoms with Crippen LogP contribution in [0.5, 0.6) is 6.01 Å². The lowest BCUT2D eigenvalue weighted by Crippen LogP contribution is -2.47. The van der Waals surface area contributed by atoms with Gasteiger partial charge in [-0.3, -0.25) is 14.4 Å². The SMILES string of the molecule is COc1nccc(-n2nc(C)cc2C(=O)NC(Cc2ccccc2)C(=O)C(N)=O)n1. The van der Waals surface area contributed by atoms with Crippen molar-refractivity contribution in [3.05, 3.63) is 65.6 Å². The fourth-order valence-corrected chi connectivity index (χ4v) is 2.85. The van der Waals surface area contributed by atoms with E-state index in [9.17, 15) is 14.4 Å². The number of nitrogens with one attached hydrogen (secondary N) is 1. The van der Waals surface area contributed by atoms with Crippen molar-refractivity contribution in [2.75, 3.05) is 7.11 Å². The maximum absolute atomic E-state index is 13.0. The number of amides is 2. The van der Waals surface area contributed by atoms with Gasteiger partial charge >= 0.3 is 6.01 Å². The van der Waals surface area contributed by atoms with Crippen LogP contribution >= 0.6 is 0 Å². The third-order valence-electron chi connectivity index (χ3n) is 4.23. The Balaban J connectivity index is 1.90. The van der Waals surface area contributed by atoms with Crippen molar-refractivity contribution >= 4 is 17.6 Å². The van der Waals surface area contributed by atoms with E-state index < -0.39 is 23.6 Å². The third-order valence-corrected chi connectivity index (χ3v) is 4.23. The predicted octanol–water partition coefficient (Wildman–Crippen LogP) is 0.375. The number of aryl methyl sites for hydroxylation is 1. The van der Waals surface area contributed by atoms with Gasteiger partial charge in [-0.15, -0.1) is 0 Å². The largest absolute Gasteiger partial charge is 0.467 e. The summed E-state index contributed by atoms with van der Waals surface area (Å²) in [6.07, 6.45) is 1.58. The number of nitrogens with two attached hydrogens (primary N) is 1. The number of methoxy groups -OCH3 is 1. The van der Waals surface area contributed by atoms with Crippen molar-refractivity contribution in [1.82, 2.24) is 25.1 Å². The Hall–Kier alpha value is -4.08. The second-order valence-corrected chi connectivity index (χ2v) is 6.43. The van der Waals surface area contributed by atoms with Crippen LogP contribution in [0.3, 0.4) is 0 Å². The standard InChI is InChI=1S/C20H20N6O4/c1-12-10-15(26(25-12)16-8-9-22-20(24-16)30-2)19(29)23-14(17(27)18(21)28)11-13-6-4-3-5-7-13/h3-10,14H,11H2,1-2H3,(H2,21,28)(H,23,29). The molecule has 0 fully saturated rings. The van der Waals surface area contributed by atoms with Crippen LogP contribution in [0.2, 0.25) is 0 Å². The lowest BCUT2D eigenvalue weighted by molar-refractivity contribution is -0.137. The molecule has 1 atom stereocenters. The summed E-state index contributed by atoms with van der Waals surface area (Å²) < 4.78 is 6.32. The minimum atomic E-state index is -1.12. The molecule has 0 saturated heterocycles. The second-order valence-electron chi connectivity index (χ2n) is 6.43. The maximum atomic E-state index is 13.0. The quantitative estimate of drug-likeness (QED) is 0.513. The van der Waals surface area contributed by atoms with Gasteiger partial charge in [0.2, 0.25) is 5.78 Å². The number of ketones is 1. The van der Waals surface area contributed by atoms with E-state index in [1.54, 1.807) is 37.3 Å². The summed E-state index contributed by atoms with van der Waals surface area (Å²) in [7, 11) is 1.42. The number of carbonyl (C=O) groups excluding carboxylic acids is 3. The van der Waals surface area contributed by atoms with Gasteiger partial charge in [0.15, 0.2) is 5.82 Å². The van der Waals surface area contributed by atoms with Crippen LogP contribution in [0, 0.1) is 6.92 Å². The van der Waals surface area contributed by atoms with Gasteiger partial charge in [0, 0.05) is 18.7 Å². The fourth-order valence-electron chi connectivity index (χ4n) is 2.85. The van der Waals surface area contributed by atoms with Crippen molar-refractivity contribution < 1.29 is 19.1 Å². The molecule has 10 heteroatoms. The summed E-state index contributed by atoms with van der Waals surface area (Å²) in [5.74, 6) is -2.32. The average Bonchev–Trinajstić information content (AvgIpc) is 3.15. The molecule has 0 saturated carbocycles. The van der Waals surface area contributed by atoms with Gasteiger partial charge in [-0.05, 0) is 18.6 Å². The van der Waals surface area contributed by atoms with Gasteiger partial charge in [-0.25, -0.2) is 9.67 Å². The van der Waals surface area contributed by atoms with E-state index in [-0.39, 0.29) is 18.1 Å². The minimum Gasteiger partial charge on any atom is -0.467 e. The molecule has 2 heterocycles. The molecule has 2 amide bonds. The summed E-state index contributed by atoms with van der Waals surface area (Å²) >= 11 is 0. The zero-order valence-corrected chi connectivity index (χ0v) is 16.4. The Labute approximate surface area is 172 Å². The highest BCUT2D eigenvalue weighted by molar-refractivity contribution is 6.38. The van der Waals surface area contributed by atoms with Crippen molar-refractivity contribution in [2.45, 2.75) is 19.4 Å². The van der Waals surface area contributed by atoms with E-state index in [4.69, 9.17) is 10.5 Å². The van der Waals surface area contributed by atoms with Crippen LogP contribution in [0.4, 0.5) is 0 Å². The van der Waals surface area contributed by atoms with Crippen LogP contribution in [-0.2, 0) is 16.0 Å². The number of ether oxygens (including phenoxy) is 1. The van der Waals surface area contributed by atoms with Gasteiger partial charge in [-0.1, -0.05) is 30.3 Å². The van der Waals surface area contributed by atoms with Crippen molar-refractivity contribution in [3.8, 4) is 11.8 Å². The third kappa shape index (κ3) is 4.66. The van der Waals surface area contributed by atoms with Crippen molar-refractivity contribution in [2.24, 2.45) is 5.73 Å². The molecule has 3 rings (SSSR count). The summed E-state index contributed by atoms with van der Waals surface area (Å²) in [6.45, 7) is 1.71. The molecule has 30 heavy (non-hydrogen) atoms. The lowest BCUT2D eigenvalue weighted by atomic mass is 10.0. The summed E-state index contributed by atoms with van der Waals surface area (Å²) in [5, 5.41) is 6.87. The van der Waals surface area contributed by atoms with E-state index in [2.05, 4.69) is 20.4 Å². The Morgan fingerprint density at radius 2 is 1.93 bits per heavy atom. The molecule has 0 aliphatic heterocycles. The molecule has 3 N–H and O–H groups in total. The zero-order valence-electron chi connectivity index (χ0n) is 16.4. The maximum Gasteiger partial charge on any atom is 0.318 e. The molecular formula is C20H20N6O4. The molecule has 0 aliphatic carbocycles. The first kappa shape index (κ1) is 20.6. The molecule has 10 nitrogen and oxygen atoms in total. The number of primary amides is 1. The fraction of sp³-hybridized carbons (Fsp3) is 0.200. The number of aromatic nitrogens is 4. The van der Waals surface area contributed by atoms with Gasteiger partial charge in [-0.2, -0.15) is 10.1 Å². The highest BCUT2D eigenvalue weighted by Gasteiger charge is 2.27. The summed E-state index contributed by atoms with van der Waals surface area (Å²) in [5.41, 5.74) is 6.62. The zero-order chi connectivity index (χ0) is 21.7. The van der Waals surface area contributed by atoms with Gasteiger partial charge in [0.1, 0.15) is 11.7 Å². The summed E-state index contributed by atoms with van der Waals surface area (Å²) in [4.78, 5) is 44.9. The van der Waals surface area contributed by atoms with Gasteiger partial charge < -0.3 is 15.8 Å². The monoisotopic (exact) mass is 408 g/mol. The molecular weight excluding hydrogens is 388 g/mol. The number of benzene rings is 1. The molecule has 1 unspecified atom stereocenters. The number of carbonyl (C=O) groups is 3. The average molecular weight is 408 g/mol. The number of Topliss-reactive ketones (excluding diaryl/α,β-unsaturated/α-hetero) is 1. The van der Waals surface area contributed by atoms with Crippen LogP contribution in [0.1, 0.15) is 21.7 Å². The van der Waals surface area contributed by atoms with E-state index in [0.29, 0.717) is 11.5 Å².